The van der Waals surface area contributed by atoms with Crippen molar-refractivity contribution in [2.24, 2.45) is 5.92 Å². The van der Waals surface area contributed by atoms with Gasteiger partial charge >= 0.3 is 6.09 Å². The monoisotopic (exact) mass is 329 g/mol. The smallest absolute Gasteiger partial charge is 0.407 e. The van der Waals surface area contributed by atoms with Crippen LogP contribution < -0.4 is 10.6 Å². The van der Waals surface area contributed by atoms with E-state index in [0.717, 1.165) is 6.54 Å². The quantitative estimate of drug-likeness (QED) is 0.691. The van der Waals surface area contributed by atoms with Gasteiger partial charge in [-0.2, -0.15) is 0 Å². The zero-order chi connectivity index (χ0) is 17.6. The van der Waals surface area contributed by atoms with E-state index in [2.05, 4.69) is 15.5 Å². The summed E-state index contributed by atoms with van der Waals surface area (Å²) < 4.78 is 5.30. The lowest BCUT2D eigenvalue weighted by molar-refractivity contribution is -0.119. The molecule has 134 valence electrons. The van der Waals surface area contributed by atoms with Crippen LogP contribution >= 0.6 is 0 Å². The first-order chi connectivity index (χ1) is 10.6. The molecule has 0 radical (unpaired) electrons. The zero-order valence-corrected chi connectivity index (χ0v) is 14.9. The third kappa shape index (κ3) is 8.18. The number of piperidine rings is 1. The van der Waals surface area contributed by atoms with E-state index in [-0.39, 0.29) is 17.9 Å². The number of hydrogen-bond acceptors (Lipinski definition) is 5. The van der Waals surface area contributed by atoms with Crippen molar-refractivity contribution in [1.82, 2.24) is 15.5 Å². The van der Waals surface area contributed by atoms with E-state index in [9.17, 15) is 14.7 Å². The lowest BCUT2D eigenvalue weighted by Crippen LogP contribution is -2.54. The highest BCUT2D eigenvalue weighted by atomic mass is 16.6. The van der Waals surface area contributed by atoms with E-state index in [4.69, 9.17) is 4.74 Å². The number of rotatable bonds is 5. The summed E-state index contributed by atoms with van der Waals surface area (Å²) in [7, 11) is 0. The van der Waals surface area contributed by atoms with Crippen LogP contribution in [0.5, 0.6) is 0 Å². The topological polar surface area (TPSA) is 90.9 Å². The molecule has 0 aromatic carbocycles. The van der Waals surface area contributed by atoms with Gasteiger partial charge in [-0.15, -0.1) is 0 Å². The summed E-state index contributed by atoms with van der Waals surface area (Å²) in [4.78, 5) is 25.1. The molecule has 0 bridgehead atoms. The summed E-state index contributed by atoms with van der Waals surface area (Å²) >= 11 is 0. The first-order valence-corrected chi connectivity index (χ1v) is 8.21. The van der Waals surface area contributed by atoms with Crippen molar-refractivity contribution in [3.05, 3.63) is 0 Å². The van der Waals surface area contributed by atoms with Gasteiger partial charge in [0, 0.05) is 39.1 Å². The summed E-state index contributed by atoms with van der Waals surface area (Å²) in [6.45, 7) is 11.4. The molecule has 3 atom stereocenters. The second-order valence-corrected chi connectivity index (χ2v) is 7.32. The van der Waals surface area contributed by atoms with E-state index in [1.54, 1.807) is 6.92 Å². The first kappa shape index (κ1) is 19.7. The van der Waals surface area contributed by atoms with Gasteiger partial charge in [0.1, 0.15) is 5.60 Å². The number of carbonyl (C=O) groups excluding carboxylic acids is 2. The Bertz CT molecular complexity index is 407. The molecule has 23 heavy (non-hydrogen) atoms. The number of hydrogen-bond donors (Lipinski definition) is 3. The molecular formula is C16H31N3O4. The average molecular weight is 329 g/mol. The summed E-state index contributed by atoms with van der Waals surface area (Å²) in [6.07, 6.45) is -0.162. The van der Waals surface area contributed by atoms with Gasteiger partial charge in [0.05, 0.1) is 6.10 Å². The summed E-state index contributed by atoms with van der Waals surface area (Å²) in [6, 6.07) is -0.0736. The Balaban J connectivity index is 2.56. The van der Waals surface area contributed by atoms with Crippen LogP contribution in [0.1, 0.15) is 41.0 Å². The molecule has 0 saturated carbocycles. The largest absolute Gasteiger partial charge is 0.444 e. The fraction of sp³-hybridized carbons (Fsp3) is 0.875. The highest BCUT2D eigenvalue weighted by Crippen LogP contribution is 2.20. The number of amides is 2. The maximum absolute atomic E-state index is 11.9. The predicted octanol–water partition coefficient (Wildman–Crippen LogP) is 0.719. The van der Waals surface area contributed by atoms with Gasteiger partial charge in [0.2, 0.25) is 5.91 Å². The number of likely N-dealkylation sites (tertiary alicyclic amines) is 1. The molecule has 1 heterocycles. The number of alkyl carbamates (subject to hydrolysis) is 1. The second kappa shape index (κ2) is 8.49. The molecular weight excluding hydrogens is 298 g/mol. The maximum atomic E-state index is 11.9. The zero-order valence-electron chi connectivity index (χ0n) is 14.9. The average Bonchev–Trinajstić information content (AvgIpc) is 2.35. The number of carbonyl (C=O) groups is 2. The standard InChI is InChI=1S/C16H31N3O4/c1-11(20)13-8-14(18-15(22)23-16(3,4)5)10-19(9-13)7-6-17-12(2)21/h11,13-14,20H,6-10H2,1-5H3,(H,17,21)(H,18,22). The molecule has 3 unspecified atom stereocenters. The summed E-state index contributed by atoms with van der Waals surface area (Å²) in [5.41, 5.74) is -0.534. The van der Waals surface area contributed by atoms with E-state index in [0.29, 0.717) is 26.1 Å². The van der Waals surface area contributed by atoms with Gasteiger partial charge in [-0.1, -0.05) is 0 Å². The number of aliphatic hydroxyl groups excluding tert-OH is 1. The van der Waals surface area contributed by atoms with Gasteiger partial charge in [-0.25, -0.2) is 4.79 Å². The molecule has 1 aliphatic rings. The molecule has 7 nitrogen and oxygen atoms in total. The SMILES string of the molecule is CC(=O)NCCN1CC(NC(=O)OC(C)(C)C)CC(C(C)O)C1. The number of nitrogens with one attached hydrogen (secondary N) is 2. The van der Waals surface area contributed by atoms with Crippen LogP contribution in [0.25, 0.3) is 0 Å². The molecule has 2 amide bonds. The Morgan fingerprint density at radius 2 is 2.00 bits per heavy atom. The maximum Gasteiger partial charge on any atom is 0.407 e. The van der Waals surface area contributed by atoms with Crippen LogP contribution in [0.4, 0.5) is 4.79 Å². The lowest BCUT2D eigenvalue weighted by Gasteiger charge is -2.39. The van der Waals surface area contributed by atoms with Crippen molar-refractivity contribution in [3.8, 4) is 0 Å². The number of nitrogens with zero attached hydrogens (tertiary/aromatic N) is 1. The second-order valence-electron chi connectivity index (χ2n) is 7.32. The Morgan fingerprint density at radius 1 is 1.35 bits per heavy atom. The van der Waals surface area contributed by atoms with Crippen LogP contribution in [0.2, 0.25) is 0 Å². The number of ether oxygens (including phenoxy) is 1. The minimum absolute atomic E-state index is 0.0579. The molecule has 1 saturated heterocycles. The minimum Gasteiger partial charge on any atom is -0.444 e. The van der Waals surface area contributed by atoms with E-state index < -0.39 is 17.8 Å². The van der Waals surface area contributed by atoms with Crippen molar-refractivity contribution in [3.63, 3.8) is 0 Å². The third-order valence-corrected chi connectivity index (χ3v) is 3.76. The van der Waals surface area contributed by atoms with Crippen molar-refractivity contribution < 1.29 is 19.4 Å². The predicted molar refractivity (Wildman–Crippen MR) is 88.1 cm³/mol. The molecule has 1 rings (SSSR count). The lowest BCUT2D eigenvalue weighted by atomic mass is 9.90. The van der Waals surface area contributed by atoms with Gasteiger partial charge in [0.25, 0.3) is 0 Å². The molecule has 7 heteroatoms. The van der Waals surface area contributed by atoms with Gasteiger partial charge in [-0.05, 0) is 40.0 Å². The van der Waals surface area contributed by atoms with E-state index >= 15 is 0 Å². The molecule has 0 aromatic heterocycles. The Labute approximate surface area is 138 Å². The van der Waals surface area contributed by atoms with Crippen molar-refractivity contribution in [2.45, 2.75) is 58.8 Å². The number of aliphatic hydroxyl groups is 1. The molecule has 1 fully saturated rings. The highest BCUT2D eigenvalue weighted by Gasteiger charge is 2.31. The molecule has 3 N–H and O–H groups in total. The molecule has 1 aliphatic heterocycles. The van der Waals surface area contributed by atoms with E-state index in [1.807, 2.05) is 20.8 Å². The van der Waals surface area contributed by atoms with Crippen LogP contribution in [0.3, 0.4) is 0 Å². The summed E-state index contributed by atoms with van der Waals surface area (Å²) in [5, 5.41) is 15.6. The van der Waals surface area contributed by atoms with Gasteiger partial charge in [0.15, 0.2) is 0 Å². The van der Waals surface area contributed by atoms with E-state index in [1.165, 1.54) is 6.92 Å². The van der Waals surface area contributed by atoms with Gasteiger partial charge < -0.3 is 20.5 Å². The van der Waals surface area contributed by atoms with Gasteiger partial charge in [-0.3, -0.25) is 9.69 Å². The Hall–Kier alpha value is -1.34. The Morgan fingerprint density at radius 3 is 2.52 bits per heavy atom. The van der Waals surface area contributed by atoms with Crippen LogP contribution in [-0.4, -0.2) is 65.9 Å². The highest BCUT2D eigenvalue weighted by molar-refractivity contribution is 5.72. The van der Waals surface area contributed by atoms with Crippen LogP contribution in [0, 0.1) is 5.92 Å². The van der Waals surface area contributed by atoms with Crippen molar-refractivity contribution in [2.75, 3.05) is 26.2 Å². The first-order valence-electron chi connectivity index (χ1n) is 8.21. The summed E-state index contributed by atoms with van der Waals surface area (Å²) in [5.74, 6) is 0.0264. The fourth-order valence-electron chi connectivity index (χ4n) is 2.73. The minimum atomic E-state index is -0.534. The van der Waals surface area contributed by atoms with Crippen molar-refractivity contribution in [1.29, 1.82) is 0 Å². The third-order valence-electron chi connectivity index (χ3n) is 3.76. The van der Waals surface area contributed by atoms with Crippen LogP contribution in [0.15, 0.2) is 0 Å². The molecule has 0 spiro atoms. The van der Waals surface area contributed by atoms with Crippen molar-refractivity contribution >= 4 is 12.0 Å². The molecule has 0 aromatic rings. The Kier molecular flexibility index (Phi) is 7.28. The fourth-order valence-corrected chi connectivity index (χ4v) is 2.73. The normalized spacial score (nSPS) is 23.9. The molecule has 0 aliphatic carbocycles. The van der Waals surface area contributed by atoms with Crippen LogP contribution in [-0.2, 0) is 9.53 Å².